The second-order valence-corrected chi connectivity index (χ2v) is 8.76. The highest BCUT2D eigenvalue weighted by molar-refractivity contribution is 5.96. The van der Waals surface area contributed by atoms with Gasteiger partial charge in [-0.25, -0.2) is 4.79 Å². The van der Waals surface area contributed by atoms with Crippen LogP contribution in [0.5, 0.6) is 0 Å². The van der Waals surface area contributed by atoms with Crippen LogP contribution in [0.25, 0.3) is 11.1 Å². The number of carboxylic acid groups (broad SMARTS) is 1. The SMILES string of the molecule is O=C(O)c1ccccc1-c1ccc(CNC(=O)[C@H](O)[C@@H](O)C(=O)N2CCC[C@@H]2c2ccccc2)cc1. The fraction of sp³-hybridized carbons (Fsp3) is 0.250. The minimum Gasteiger partial charge on any atom is -0.478 e. The maximum Gasteiger partial charge on any atom is 0.336 e. The average molecular weight is 489 g/mol. The summed E-state index contributed by atoms with van der Waals surface area (Å²) in [5.41, 5.74) is 3.13. The summed E-state index contributed by atoms with van der Waals surface area (Å²) < 4.78 is 0. The van der Waals surface area contributed by atoms with Crippen molar-refractivity contribution in [3.8, 4) is 11.1 Å². The molecule has 3 aromatic carbocycles. The zero-order valence-electron chi connectivity index (χ0n) is 19.6. The third-order valence-corrected chi connectivity index (χ3v) is 6.43. The number of nitrogens with one attached hydrogen (secondary N) is 1. The number of hydrogen-bond donors (Lipinski definition) is 4. The molecule has 0 radical (unpaired) electrons. The number of likely N-dealkylation sites (tertiary alicyclic amines) is 1. The van der Waals surface area contributed by atoms with Crippen LogP contribution in [0.15, 0.2) is 78.9 Å². The summed E-state index contributed by atoms with van der Waals surface area (Å²) in [5.74, 6) is -2.55. The molecule has 4 rings (SSSR count). The van der Waals surface area contributed by atoms with Crippen LogP contribution in [0, 0.1) is 0 Å². The number of rotatable bonds is 8. The minimum atomic E-state index is -1.91. The first-order chi connectivity index (χ1) is 17.4. The van der Waals surface area contributed by atoms with Crippen LogP contribution in [-0.4, -0.2) is 56.8 Å². The van der Waals surface area contributed by atoms with E-state index in [1.807, 2.05) is 30.3 Å². The van der Waals surface area contributed by atoms with Gasteiger partial charge in [-0.1, -0.05) is 72.8 Å². The second kappa shape index (κ2) is 11.2. The maximum atomic E-state index is 12.9. The maximum absolute atomic E-state index is 12.9. The average Bonchev–Trinajstić information content (AvgIpc) is 3.41. The number of aliphatic hydroxyl groups is 2. The van der Waals surface area contributed by atoms with Crippen LogP contribution in [0.2, 0.25) is 0 Å². The van der Waals surface area contributed by atoms with Crippen molar-refractivity contribution in [1.29, 1.82) is 0 Å². The van der Waals surface area contributed by atoms with E-state index in [1.165, 1.54) is 11.0 Å². The fourth-order valence-electron chi connectivity index (χ4n) is 4.52. The molecule has 1 heterocycles. The van der Waals surface area contributed by atoms with Crippen LogP contribution in [0.3, 0.4) is 0 Å². The molecule has 0 aromatic heterocycles. The predicted octanol–water partition coefficient (Wildman–Crippen LogP) is 2.75. The van der Waals surface area contributed by atoms with Gasteiger partial charge >= 0.3 is 5.97 Å². The number of aromatic carboxylic acids is 1. The van der Waals surface area contributed by atoms with Crippen LogP contribution in [0.1, 0.15) is 40.4 Å². The third-order valence-electron chi connectivity index (χ3n) is 6.43. The fourth-order valence-corrected chi connectivity index (χ4v) is 4.52. The highest BCUT2D eigenvalue weighted by Crippen LogP contribution is 2.32. The first-order valence-corrected chi connectivity index (χ1v) is 11.8. The molecule has 1 fully saturated rings. The largest absolute Gasteiger partial charge is 0.478 e. The molecule has 0 saturated carbocycles. The predicted molar refractivity (Wildman–Crippen MR) is 133 cm³/mol. The number of carbonyl (C=O) groups is 3. The zero-order chi connectivity index (χ0) is 25.7. The Morgan fingerprint density at radius 2 is 1.56 bits per heavy atom. The molecule has 4 N–H and O–H groups in total. The van der Waals surface area contributed by atoms with E-state index in [0.717, 1.165) is 18.4 Å². The standard InChI is InChI=1S/C28H28N2O6/c31-24(25(32)27(34)30-16-6-11-23(30)20-7-2-1-3-8-20)26(33)29-17-18-12-14-19(15-13-18)21-9-4-5-10-22(21)28(35)36/h1-5,7-10,12-15,23-25,31-32H,6,11,16-17H2,(H,29,33)(H,35,36)/t23-,24-,25-/m1/s1. The molecule has 3 atom stereocenters. The van der Waals surface area contributed by atoms with Crippen LogP contribution in [-0.2, 0) is 16.1 Å². The summed E-state index contributed by atoms with van der Waals surface area (Å²) in [4.78, 5) is 38.4. The Morgan fingerprint density at radius 1 is 0.889 bits per heavy atom. The Morgan fingerprint density at radius 3 is 2.25 bits per heavy atom. The van der Waals surface area contributed by atoms with Crippen molar-refractivity contribution in [3.05, 3.63) is 95.6 Å². The van der Waals surface area contributed by atoms with Gasteiger partial charge in [0.25, 0.3) is 11.8 Å². The van der Waals surface area contributed by atoms with E-state index in [9.17, 15) is 29.7 Å². The Labute approximate surface area is 208 Å². The van der Waals surface area contributed by atoms with Gasteiger partial charge in [0.15, 0.2) is 12.2 Å². The number of carboxylic acids is 1. The molecule has 8 nitrogen and oxygen atoms in total. The molecule has 0 aliphatic carbocycles. The van der Waals surface area contributed by atoms with Gasteiger partial charge in [0.05, 0.1) is 11.6 Å². The highest BCUT2D eigenvalue weighted by Gasteiger charge is 2.38. The molecular formula is C28H28N2O6. The molecule has 1 aliphatic rings. The molecule has 1 saturated heterocycles. The summed E-state index contributed by atoms with van der Waals surface area (Å²) >= 11 is 0. The summed E-state index contributed by atoms with van der Waals surface area (Å²) in [6, 6.07) is 22.9. The van der Waals surface area contributed by atoms with Crippen molar-refractivity contribution in [1.82, 2.24) is 10.2 Å². The molecule has 8 heteroatoms. The smallest absolute Gasteiger partial charge is 0.336 e. The lowest BCUT2D eigenvalue weighted by Crippen LogP contribution is -2.50. The quantitative estimate of drug-likeness (QED) is 0.386. The van der Waals surface area contributed by atoms with Crippen LogP contribution >= 0.6 is 0 Å². The summed E-state index contributed by atoms with van der Waals surface area (Å²) in [7, 11) is 0. The van der Waals surface area contributed by atoms with E-state index >= 15 is 0 Å². The van der Waals surface area contributed by atoms with Gasteiger partial charge in [0.2, 0.25) is 0 Å². The first kappa shape index (κ1) is 25.1. The van der Waals surface area contributed by atoms with E-state index in [-0.39, 0.29) is 18.2 Å². The highest BCUT2D eigenvalue weighted by atomic mass is 16.4. The molecule has 2 amide bonds. The van der Waals surface area contributed by atoms with Crippen molar-refractivity contribution in [2.24, 2.45) is 0 Å². The van der Waals surface area contributed by atoms with E-state index in [4.69, 9.17) is 0 Å². The third kappa shape index (κ3) is 5.45. The molecule has 1 aliphatic heterocycles. The Balaban J connectivity index is 1.35. The monoisotopic (exact) mass is 488 g/mol. The van der Waals surface area contributed by atoms with E-state index in [0.29, 0.717) is 23.2 Å². The summed E-state index contributed by atoms with van der Waals surface area (Å²) in [6.07, 6.45) is -2.26. The first-order valence-electron chi connectivity index (χ1n) is 11.8. The molecule has 0 spiro atoms. The number of benzene rings is 3. The number of hydrogen-bond acceptors (Lipinski definition) is 5. The molecule has 3 aromatic rings. The lowest BCUT2D eigenvalue weighted by molar-refractivity contribution is -0.153. The second-order valence-electron chi connectivity index (χ2n) is 8.76. The lowest BCUT2D eigenvalue weighted by atomic mass is 9.99. The Kier molecular flexibility index (Phi) is 7.77. The van der Waals surface area contributed by atoms with Crippen molar-refractivity contribution in [2.45, 2.75) is 37.6 Å². The molecule has 36 heavy (non-hydrogen) atoms. The summed E-state index contributed by atoms with van der Waals surface area (Å²) in [6.45, 7) is 0.509. The van der Waals surface area contributed by atoms with Crippen molar-refractivity contribution < 1.29 is 29.7 Å². The van der Waals surface area contributed by atoms with Gasteiger partial charge < -0.3 is 25.5 Å². The van der Waals surface area contributed by atoms with Crippen molar-refractivity contribution >= 4 is 17.8 Å². The van der Waals surface area contributed by atoms with Gasteiger partial charge in [-0.2, -0.15) is 0 Å². The Bertz CT molecular complexity index is 1230. The van der Waals surface area contributed by atoms with Gasteiger partial charge in [0, 0.05) is 13.1 Å². The number of aliphatic hydroxyl groups excluding tert-OH is 2. The van der Waals surface area contributed by atoms with Crippen LogP contribution < -0.4 is 5.32 Å². The zero-order valence-corrected chi connectivity index (χ0v) is 19.6. The summed E-state index contributed by atoms with van der Waals surface area (Å²) in [5, 5.41) is 32.8. The van der Waals surface area contributed by atoms with Gasteiger partial charge in [-0.15, -0.1) is 0 Å². The van der Waals surface area contributed by atoms with E-state index in [2.05, 4.69) is 5.32 Å². The molecular weight excluding hydrogens is 460 g/mol. The van der Waals surface area contributed by atoms with Gasteiger partial charge in [-0.3, -0.25) is 9.59 Å². The van der Waals surface area contributed by atoms with Crippen LogP contribution in [0.4, 0.5) is 0 Å². The van der Waals surface area contributed by atoms with E-state index < -0.39 is 30.0 Å². The van der Waals surface area contributed by atoms with Crippen molar-refractivity contribution in [2.75, 3.05) is 6.54 Å². The Hall–Kier alpha value is -4.01. The van der Waals surface area contributed by atoms with Crippen molar-refractivity contribution in [3.63, 3.8) is 0 Å². The van der Waals surface area contributed by atoms with Gasteiger partial charge in [-0.05, 0) is 41.2 Å². The number of carbonyl (C=O) groups excluding carboxylic acids is 2. The molecule has 186 valence electrons. The number of nitrogens with zero attached hydrogens (tertiary/aromatic N) is 1. The topological polar surface area (TPSA) is 127 Å². The van der Waals surface area contributed by atoms with Gasteiger partial charge in [0.1, 0.15) is 0 Å². The minimum absolute atomic E-state index is 0.0635. The number of amides is 2. The lowest BCUT2D eigenvalue weighted by Gasteiger charge is -2.28. The molecule has 0 bridgehead atoms. The normalized spacial score (nSPS) is 16.8. The molecule has 0 unspecified atom stereocenters. The van der Waals surface area contributed by atoms with E-state index in [1.54, 1.807) is 42.5 Å².